The fraction of sp³-hybridized carbons (Fsp3) is 0.500. The maximum absolute atomic E-state index is 13.7. The lowest BCUT2D eigenvalue weighted by atomic mass is 10.1. The van der Waals surface area contributed by atoms with E-state index in [-0.39, 0.29) is 30.3 Å². The van der Waals surface area contributed by atoms with Crippen LogP contribution in [-0.2, 0) is 11.2 Å². The molecule has 4 nitrogen and oxygen atoms in total. The molecule has 0 radical (unpaired) electrons. The Hall–Kier alpha value is -1.62. The molecule has 1 unspecified atom stereocenters. The van der Waals surface area contributed by atoms with Gasteiger partial charge in [0.05, 0.1) is 0 Å². The van der Waals surface area contributed by atoms with Crippen LogP contribution in [0.1, 0.15) is 25.3 Å². The molecular weight excluding hydrogens is 247 g/mol. The SMILES string of the molecule is CC(N)Cc1ccc(OCC(=O)NC2CC2)c(F)c1. The number of benzene rings is 1. The topological polar surface area (TPSA) is 64.3 Å². The highest BCUT2D eigenvalue weighted by Gasteiger charge is 2.23. The molecule has 2 rings (SSSR count). The van der Waals surface area contributed by atoms with Gasteiger partial charge in [0.25, 0.3) is 5.91 Å². The zero-order valence-electron chi connectivity index (χ0n) is 11.0. The third-order valence-corrected chi connectivity index (χ3v) is 2.86. The number of amides is 1. The number of rotatable bonds is 6. The van der Waals surface area contributed by atoms with Crippen molar-refractivity contribution in [1.29, 1.82) is 0 Å². The Morgan fingerprint density at radius 1 is 1.58 bits per heavy atom. The van der Waals surface area contributed by atoms with Crippen LogP contribution in [0.3, 0.4) is 0 Å². The highest BCUT2D eigenvalue weighted by Crippen LogP contribution is 2.20. The molecule has 1 aromatic carbocycles. The number of hydrogen-bond donors (Lipinski definition) is 2. The molecule has 0 heterocycles. The van der Waals surface area contributed by atoms with Gasteiger partial charge in [-0.25, -0.2) is 4.39 Å². The molecule has 1 aliphatic carbocycles. The van der Waals surface area contributed by atoms with Gasteiger partial charge in [-0.2, -0.15) is 0 Å². The lowest BCUT2D eigenvalue weighted by molar-refractivity contribution is -0.123. The van der Waals surface area contributed by atoms with Gasteiger partial charge in [0.2, 0.25) is 0 Å². The maximum atomic E-state index is 13.7. The molecule has 104 valence electrons. The molecule has 0 spiro atoms. The minimum atomic E-state index is -0.461. The fourth-order valence-electron chi connectivity index (χ4n) is 1.80. The van der Waals surface area contributed by atoms with Crippen LogP contribution >= 0.6 is 0 Å². The van der Waals surface area contributed by atoms with Crippen LogP contribution < -0.4 is 15.8 Å². The van der Waals surface area contributed by atoms with Crippen LogP contribution in [0.5, 0.6) is 5.75 Å². The molecule has 1 fully saturated rings. The van der Waals surface area contributed by atoms with E-state index in [1.54, 1.807) is 6.07 Å². The first-order valence-electron chi connectivity index (χ1n) is 6.51. The summed E-state index contributed by atoms with van der Waals surface area (Å²) in [7, 11) is 0. The summed E-state index contributed by atoms with van der Waals surface area (Å²) in [4.78, 5) is 11.4. The van der Waals surface area contributed by atoms with Crippen molar-refractivity contribution in [3.8, 4) is 5.75 Å². The number of nitrogens with two attached hydrogens (primary N) is 1. The van der Waals surface area contributed by atoms with E-state index in [0.29, 0.717) is 6.42 Å². The smallest absolute Gasteiger partial charge is 0.258 e. The van der Waals surface area contributed by atoms with E-state index in [0.717, 1.165) is 18.4 Å². The van der Waals surface area contributed by atoms with E-state index in [9.17, 15) is 9.18 Å². The molecule has 0 aromatic heterocycles. The van der Waals surface area contributed by atoms with Gasteiger partial charge in [-0.15, -0.1) is 0 Å². The summed E-state index contributed by atoms with van der Waals surface area (Å²) in [6, 6.07) is 4.97. The van der Waals surface area contributed by atoms with Crippen LogP contribution in [0.25, 0.3) is 0 Å². The number of carbonyl (C=O) groups is 1. The first-order valence-corrected chi connectivity index (χ1v) is 6.51. The number of nitrogens with one attached hydrogen (secondary N) is 1. The molecular formula is C14H19FN2O2. The molecule has 0 bridgehead atoms. The van der Waals surface area contributed by atoms with Crippen molar-refractivity contribution in [3.05, 3.63) is 29.6 Å². The summed E-state index contributed by atoms with van der Waals surface area (Å²) < 4.78 is 18.9. The highest BCUT2D eigenvalue weighted by atomic mass is 19.1. The average Bonchev–Trinajstić information content (AvgIpc) is 3.11. The van der Waals surface area contributed by atoms with Crippen molar-refractivity contribution >= 4 is 5.91 Å². The third-order valence-electron chi connectivity index (χ3n) is 2.86. The first-order chi connectivity index (χ1) is 9.04. The molecule has 5 heteroatoms. The fourth-order valence-corrected chi connectivity index (χ4v) is 1.80. The second-order valence-electron chi connectivity index (χ2n) is 5.08. The molecule has 1 saturated carbocycles. The minimum Gasteiger partial charge on any atom is -0.481 e. The summed E-state index contributed by atoms with van der Waals surface area (Å²) in [6.07, 6.45) is 2.65. The van der Waals surface area contributed by atoms with E-state index >= 15 is 0 Å². The van der Waals surface area contributed by atoms with Gasteiger partial charge in [-0.1, -0.05) is 6.07 Å². The van der Waals surface area contributed by atoms with Crippen molar-refractivity contribution < 1.29 is 13.9 Å². The van der Waals surface area contributed by atoms with E-state index in [1.807, 2.05) is 6.92 Å². The summed E-state index contributed by atoms with van der Waals surface area (Å²) in [5, 5.41) is 2.78. The number of ether oxygens (including phenoxy) is 1. The van der Waals surface area contributed by atoms with Crippen LogP contribution in [0, 0.1) is 5.82 Å². The molecule has 1 amide bonds. The normalized spacial score (nSPS) is 15.9. The zero-order chi connectivity index (χ0) is 13.8. The van der Waals surface area contributed by atoms with Crippen LogP contribution in [0.15, 0.2) is 18.2 Å². The Morgan fingerprint density at radius 2 is 2.32 bits per heavy atom. The van der Waals surface area contributed by atoms with Gasteiger partial charge in [0, 0.05) is 12.1 Å². The van der Waals surface area contributed by atoms with E-state index in [4.69, 9.17) is 10.5 Å². The molecule has 1 aromatic rings. The van der Waals surface area contributed by atoms with E-state index in [2.05, 4.69) is 5.32 Å². The summed E-state index contributed by atoms with van der Waals surface area (Å²) >= 11 is 0. The Kier molecular flexibility index (Phi) is 4.37. The summed E-state index contributed by atoms with van der Waals surface area (Å²) in [6.45, 7) is 1.71. The first kappa shape index (κ1) is 13.8. The monoisotopic (exact) mass is 266 g/mol. The van der Waals surface area contributed by atoms with Gasteiger partial charge in [0.15, 0.2) is 18.2 Å². The molecule has 0 aliphatic heterocycles. The van der Waals surface area contributed by atoms with Crippen molar-refractivity contribution in [1.82, 2.24) is 5.32 Å². The van der Waals surface area contributed by atoms with E-state index < -0.39 is 5.82 Å². The maximum Gasteiger partial charge on any atom is 0.258 e. The van der Waals surface area contributed by atoms with Crippen LogP contribution in [0.4, 0.5) is 4.39 Å². The number of hydrogen-bond acceptors (Lipinski definition) is 3. The average molecular weight is 266 g/mol. The van der Waals surface area contributed by atoms with Crippen molar-refractivity contribution in [2.75, 3.05) is 6.61 Å². The van der Waals surface area contributed by atoms with Gasteiger partial charge in [0.1, 0.15) is 0 Å². The minimum absolute atomic E-state index is 0.0181. The predicted octanol–water partition coefficient (Wildman–Crippen LogP) is 1.37. The molecule has 19 heavy (non-hydrogen) atoms. The largest absolute Gasteiger partial charge is 0.481 e. The molecule has 1 atom stereocenters. The Bertz CT molecular complexity index is 459. The standard InChI is InChI=1S/C14H19FN2O2/c1-9(16)6-10-2-5-13(12(15)7-10)19-8-14(18)17-11-3-4-11/h2,5,7,9,11H,3-4,6,8,16H2,1H3,(H,17,18). The van der Waals surface area contributed by atoms with Crippen molar-refractivity contribution in [2.24, 2.45) is 5.73 Å². The molecule has 1 aliphatic rings. The van der Waals surface area contributed by atoms with Crippen LogP contribution in [0.2, 0.25) is 0 Å². The van der Waals surface area contributed by atoms with E-state index in [1.165, 1.54) is 12.1 Å². The Balaban J connectivity index is 1.87. The van der Waals surface area contributed by atoms with Gasteiger partial charge in [-0.3, -0.25) is 4.79 Å². The Labute approximate surface area is 112 Å². The Morgan fingerprint density at radius 3 is 2.89 bits per heavy atom. The van der Waals surface area contributed by atoms with Crippen LogP contribution in [-0.4, -0.2) is 24.6 Å². The summed E-state index contributed by atoms with van der Waals surface area (Å²) in [5.41, 5.74) is 6.48. The molecule has 3 N–H and O–H groups in total. The van der Waals surface area contributed by atoms with Gasteiger partial charge in [-0.05, 0) is 43.9 Å². The number of halogens is 1. The van der Waals surface area contributed by atoms with Crippen molar-refractivity contribution in [3.63, 3.8) is 0 Å². The quantitative estimate of drug-likeness (QED) is 0.817. The molecule has 0 saturated heterocycles. The predicted molar refractivity (Wildman–Crippen MR) is 70.4 cm³/mol. The second kappa shape index (κ2) is 6.02. The zero-order valence-corrected chi connectivity index (χ0v) is 11.0. The third kappa shape index (κ3) is 4.52. The van der Waals surface area contributed by atoms with Gasteiger partial charge >= 0.3 is 0 Å². The van der Waals surface area contributed by atoms with Gasteiger partial charge < -0.3 is 15.8 Å². The summed E-state index contributed by atoms with van der Waals surface area (Å²) in [5.74, 6) is -0.571. The second-order valence-corrected chi connectivity index (χ2v) is 5.08. The lowest BCUT2D eigenvalue weighted by Crippen LogP contribution is -2.30. The highest BCUT2D eigenvalue weighted by molar-refractivity contribution is 5.78. The number of carbonyl (C=O) groups excluding carboxylic acids is 1. The lowest BCUT2D eigenvalue weighted by Gasteiger charge is -2.10. The van der Waals surface area contributed by atoms with Crippen molar-refractivity contribution in [2.45, 2.75) is 38.3 Å².